The van der Waals surface area contributed by atoms with Crippen LogP contribution < -0.4 is 5.32 Å². The van der Waals surface area contributed by atoms with Crippen LogP contribution in [0, 0.1) is 20.8 Å². The minimum Gasteiger partial charge on any atom is -0.304 e. The number of fused-ring (bicyclic) bond motifs is 1. The lowest BCUT2D eigenvalue weighted by Crippen LogP contribution is -2.16. The maximum Gasteiger partial charge on any atom is 0.296 e. The standard InChI is InChI=1S/C18H17N7O/c1-11-4-6-14(7-5-11)25-15(10-12(2)22-25)20-17(26)16-21-18-19-9-8-13(3)24(18)23-16/h4-10H,1-3H3,(H,20,26). The third kappa shape index (κ3) is 2.81. The van der Waals surface area contributed by atoms with E-state index in [2.05, 4.69) is 25.5 Å². The number of carbonyl (C=O) groups is 1. The molecule has 8 heteroatoms. The highest BCUT2D eigenvalue weighted by Crippen LogP contribution is 2.18. The fourth-order valence-corrected chi connectivity index (χ4v) is 2.65. The number of hydrogen-bond donors (Lipinski definition) is 1. The molecular weight excluding hydrogens is 330 g/mol. The molecule has 1 N–H and O–H groups in total. The molecule has 0 fully saturated rings. The zero-order valence-corrected chi connectivity index (χ0v) is 14.6. The Morgan fingerprint density at radius 2 is 1.81 bits per heavy atom. The van der Waals surface area contributed by atoms with Crippen molar-refractivity contribution in [2.75, 3.05) is 5.32 Å². The molecule has 0 unspecified atom stereocenters. The van der Waals surface area contributed by atoms with E-state index in [0.29, 0.717) is 11.6 Å². The number of anilines is 1. The maximum atomic E-state index is 12.6. The van der Waals surface area contributed by atoms with E-state index in [1.165, 1.54) is 4.52 Å². The Labute approximate surface area is 149 Å². The number of hydrogen-bond acceptors (Lipinski definition) is 5. The number of aromatic nitrogens is 6. The van der Waals surface area contributed by atoms with Crippen molar-refractivity contribution >= 4 is 17.5 Å². The lowest BCUT2D eigenvalue weighted by atomic mass is 10.2. The second kappa shape index (κ2) is 6.07. The molecule has 4 rings (SSSR count). The van der Waals surface area contributed by atoms with Gasteiger partial charge in [0.05, 0.1) is 11.4 Å². The Kier molecular flexibility index (Phi) is 3.72. The van der Waals surface area contributed by atoms with E-state index in [1.54, 1.807) is 23.0 Å². The molecule has 0 saturated carbocycles. The van der Waals surface area contributed by atoms with Gasteiger partial charge in [0.2, 0.25) is 5.82 Å². The first-order valence-electron chi connectivity index (χ1n) is 8.15. The first-order valence-corrected chi connectivity index (χ1v) is 8.15. The molecule has 4 aromatic rings. The van der Waals surface area contributed by atoms with Gasteiger partial charge in [0.1, 0.15) is 5.82 Å². The van der Waals surface area contributed by atoms with Crippen molar-refractivity contribution in [3.63, 3.8) is 0 Å². The van der Waals surface area contributed by atoms with Crippen LogP contribution in [-0.2, 0) is 0 Å². The van der Waals surface area contributed by atoms with Gasteiger partial charge >= 0.3 is 0 Å². The number of rotatable bonds is 3. The van der Waals surface area contributed by atoms with Crippen LogP contribution in [0.4, 0.5) is 5.82 Å². The van der Waals surface area contributed by atoms with E-state index in [4.69, 9.17) is 0 Å². The zero-order valence-electron chi connectivity index (χ0n) is 14.6. The van der Waals surface area contributed by atoms with Gasteiger partial charge < -0.3 is 5.32 Å². The van der Waals surface area contributed by atoms with Crippen LogP contribution in [0.15, 0.2) is 42.6 Å². The number of nitrogens with one attached hydrogen (secondary N) is 1. The Morgan fingerprint density at radius 1 is 1.04 bits per heavy atom. The maximum absolute atomic E-state index is 12.6. The highest BCUT2D eigenvalue weighted by molar-refractivity contribution is 6.01. The molecule has 0 aliphatic carbocycles. The smallest absolute Gasteiger partial charge is 0.296 e. The zero-order chi connectivity index (χ0) is 18.3. The van der Waals surface area contributed by atoms with Crippen molar-refractivity contribution in [2.45, 2.75) is 20.8 Å². The number of amides is 1. The largest absolute Gasteiger partial charge is 0.304 e. The summed E-state index contributed by atoms with van der Waals surface area (Å²) in [5.41, 5.74) is 3.66. The quantitative estimate of drug-likeness (QED) is 0.615. The molecule has 3 heterocycles. The highest BCUT2D eigenvalue weighted by atomic mass is 16.2. The Bertz CT molecular complexity index is 1110. The van der Waals surface area contributed by atoms with Gasteiger partial charge in [0, 0.05) is 18.0 Å². The van der Waals surface area contributed by atoms with Gasteiger partial charge in [-0.2, -0.15) is 10.1 Å². The monoisotopic (exact) mass is 347 g/mol. The Hall–Kier alpha value is -3.55. The van der Waals surface area contributed by atoms with Crippen molar-refractivity contribution in [1.29, 1.82) is 0 Å². The van der Waals surface area contributed by atoms with Gasteiger partial charge in [-0.1, -0.05) is 17.7 Å². The van der Waals surface area contributed by atoms with Crippen molar-refractivity contribution < 1.29 is 4.79 Å². The van der Waals surface area contributed by atoms with E-state index in [0.717, 1.165) is 22.6 Å². The predicted molar refractivity (Wildman–Crippen MR) is 96.5 cm³/mol. The van der Waals surface area contributed by atoms with Crippen LogP contribution in [0.1, 0.15) is 27.6 Å². The minimum atomic E-state index is -0.414. The third-order valence-corrected chi connectivity index (χ3v) is 3.98. The van der Waals surface area contributed by atoms with Gasteiger partial charge in [-0.05, 0) is 39.0 Å². The molecule has 0 atom stereocenters. The van der Waals surface area contributed by atoms with E-state index in [9.17, 15) is 4.79 Å². The summed E-state index contributed by atoms with van der Waals surface area (Å²) in [4.78, 5) is 20.9. The number of carbonyl (C=O) groups excluding carboxylic acids is 1. The van der Waals surface area contributed by atoms with Crippen molar-refractivity contribution in [3.8, 4) is 5.69 Å². The van der Waals surface area contributed by atoms with Gasteiger partial charge in [-0.3, -0.25) is 4.79 Å². The molecule has 0 bridgehead atoms. The van der Waals surface area contributed by atoms with E-state index in [-0.39, 0.29) is 5.82 Å². The van der Waals surface area contributed by atoms with Crippen LogP contribution in [-0.4, -0.2) is 35.3 Å². The van der Waals surface area contributed by atoms with Gasteiger partial charge in [-0.25, -0.2) is 14.2 Å². The normalized spacial score (nSPS) is 11.0. The van der Waals surface area contributed by atoms with Gasteiger partial charge in [0.25, 0.3) is 11.7 Å². The molecule has 8 nitrogen and oxygen atoms in total. The summed E-state index contributed by atoms with van der Waals surface area (Å²) in [6.45, 7) is 5.77. The third-order valence-electron chi connectivity index (χ3n) is 3.98. The Balaban J connectivity index is 1.67. The second-order valence-corrected chi connectivity index (χ2v) is 6.11. The summed E-state index contributed by atoms with van der Waals surface area (Å²) in [6.07, 6.45) is 1.64. The summed E-state index contributed by atoms with van der Waals surface area (Å²) in [5, 5.41) is 11.5. The highest BCUT2D eigenvalue weighted by Gasteiger charge is 2.17. The van der Waals surface area contributed by atoms with Crippen LogP contribution in [0.25, 0.3) is 11.5 Å². The molecule has 0 spiro atoms. The molecule has 0 aliphatic heterocycles. The molecule has 1 amide bonds. The van der Waals surface area contributed by atoms with Gasteiger partial charge in [-0.15, -0.1) is 5.10 Å². The van der Waals surface area contributed by atoms with Crippen LogP contribution in [0.3, 0.4) is 0 Å². The average molecular weight is 347 g/mol. The molecule has 0 saturated heterocycles. The molecule has 3 aromatic heterocycles. The number of benzene rings is 1. The van der Waals surface area contributed by atoms with E-state index < -0.39 is 5.91 Å². The predicted octanol–water partition coefficient (Wildman–Crippen LogP) is 2.49. The van der Waals surface area contributed by atoms with Gasteiger partial charge in [0.15, 0.2) is 0 Å². The molecule has 26 heavy (non-hydrogen) atoms. The summed E-state index contributed by atoms with van der Waals surface area (Å²) >= 11 is 0. The Morgan fingerprint density at radius 3 is 2.54 bits per heavy atom. The number of nitrogens with zero attached hydrogens (tertiary/aromatic N) is 6. The average Bonchev–Trinajstić information content (AvgIpc) is 3.20. The lowest BCUT2D eigenvalue weighted by molar-refractivity contribution is 0.101. The first-order chi connectivity index (χ1) is 12.5. The van der Waals surface area contributed by atoms with E-state index in [1.807, 2.05) is 45.0 Å². The summed E-state index contributed by atoms with van der Waals surface area (Å²) in [7, 11) is 0. The first kappa shape index (κ1) is 15.9. The lowest BCUT2D eigenvalue weighted by Gasteiger charge is -2.08. The van der Waals surface area contributed by atoms with Crippen LogP contribution in [0.5, 0.6) is 0 Å². The van der Waals surface area contributed by atoms with Crippen molar-refractivity contribution in [3.05, 3.63) is 65.4 Å². The van der Waals surface area contributed by atoms with E-state index >= 15 is 0 Å². The van der Waals surface area contributed by atoms with Crippen molar-refractivity contribution in [1.82, 2.24) is 29.4 Å². The molecule has 0 aliphatic rings. The fraction of sp³-hybridized carbons (Fsp3) is 0.167. The molecule has 130 valence electrons. The molecule has 0 radical (unpaired) electrons. The van der Waals surface area contributed by atoms with Crippen molar-refractivity contribution in [2.24, 2.45) is 0 Å². The van der Waals surface area contributed by atoms with Crippen LogP contribution in [0.2, 0.25) is 0 Å². The fourth-order valence-electron chi connectivity index (χ4n) is 2.65. The summed E-state index contributed by atoms with van der Waals surface area (Å²) in [6, 6.07) is 11.5. The number of aryl methyl sites for hydroxylation is 3. The second-order valence-electron chi connectivity index (χ2n) is 6.11. The molecule has 1 aromatic carbocycles. The van der Waals surface area contributed by atoms with Crippen LogP contribution >= 0.6 is 0 Å². The summed E-state index contributed by atoms with van der Waals surface area (Å²) in [5.74, 6) is 0.586. The SMILES string of the molecule is Cc1ccc(-n2nc(C)cc2NC(=O)c2nc3nccc(C)n3n2)cc1. The molecular formula is C18H17N7O. The minimum absolute atomic E-state index is 0.0566. The topological polar surface area (TPSA) is 90.0 Å². The summed E-state index contributed by atoms with van der Waals surface area (Å²) < 4.78 is 3.23.